The van der Waals surface area contributed by atoms with Crippen LogP contribution in [0.2, 0.25) is 0 Å². The molecule has 0 spiro atoms. The largest absolute Gasteiger partial charge is 0.497 e. The zero-order chi connectivity index (χ0) is 21.8. The van der Waals surface area contributed by atoms with Crippen LogP contribution in [0.3, 0.4) is 0 Å². The summed E-state index contributed by atoms with van der Waals surface area (Å²) in [7, 11) is 5.12. The second kappa shape index (κ2) is 9.05. The van der Waals surface area contributed by atoms with Gasteiger partial charge in [0.2, 0.25) is 0 Å². The van der Waals surface area contributed by atoms with Crippen molar-refractivity contribution < 1.29 is 14.6 Å². The fourth-order valence-electron chi connectivity index (χ4n) is 3.45. The van der Waals surface area contributed by atoms with Crippen molar-refractivity contribution >= 4 is 28.7 Å². The molecule has 31 heavy (non-hydrogen) atoms. The van der Waals surface area contributed by atoms with Gasteiger partial charge in [-0.05, 0) is 18.6 Å². The van der Waals surface area contributed by atoms with Crippen LogP contribution in [0.15, 0.2) is 47.7 Å². The molecular weight excluding hydrogens is 396 g/mol. The van der Waals surface area contributed by atoms with Crippen molar-refractivity contribution in [2.75, 3.05) is 44.1 Å². The number of nitrogens with zero attached hydrogens (tertiary/aromatic N) is 5. The summed E-state index contributed by atoms with van der Waals surface area (Å²) in [4.78, 5) is 11.6. The Kier molecular flexibility index (Phi) is 6.03. The molecule has 0 bridgehead atoms. The first kappa shape index (κ1) is 20.7. The van der Waals surface area contributed by atoms with Crippen molar-refractivity contribution in [1.29, 1.82) is 0 Å². The zero-order valence-corrected chi connectivity index (χ0v) is 17.9. The van der Waals surface area contributed by atoms with Gasteiger partial charge in [0.15, 0.2) is 5.82 Å². The minimum Gasteiger partial charge on any atom is -0.497 e. The van der Waals surface area contributed by atoms with Crippen molar-refractivity contribution in [3.63, 3.8) is 0 Å². The van der Waals surface area contributed by atoms with Crippen LogP contribution in [0, 0.1) is 0 Å². The van der Waals surface area contributed by atoms with Crippen LogP contribution in [0.4, 0.5) is 23.0 Å². The van der Waals surface area contributed by atoms with Gasteiger partial charge in [-0.15, -0.1) is 0 Å². The van der Waals surface area contributed by atoms with E-state index in [4.69, 9.17) is 19.5 Å². The van der Waals surface area contributed by atoms with E-state index in [1.807, 2.05) is 48.5 Å². The van der Waals surface area contributed by atoms with E-state index in [9.17, 15) is 5.11 Å². The maximum atomic E-state index is 9.43. The molecule has 0 unspecified atom stereocenters. The Morgan fingerprint density at radius 1 is 1.16 bits per heavy atom. The first-order chi connectivity index (χ1) is 15.1. The predicted octanol–water partition coefficient (Wildman–Crippen LogP) is 2.90. The Morgan fingerprint density at radius 3 is 2.58 bits per heavy atom. The molecule has 0 radical (unpaired) electrons. The number of aliphatic hydroxyl groups is 1. The lowest BCUT2D eigenvalue weighted by Crippen LogP contribution is -2.22. The molecule has 1 aliphatic heterocycles. The predicted molar refractivity (Wildman–Crippen MR) is 120 cm³/mol. The molecule has 2 N–H and O–H groups in total. The highest BCUT2D eigenvalue weighted by Gasteiger charge is 2.19. The van der Waals surface area contributed by atoms with Crippen LogP contribution in [-0.4, -0.2) is 59.5 Å². The van der Waals surface area contributed by atoms with Gasteiger partial charge in [-0.25, -0.2) is 9.98 Å². The normalized spacial score (nSPS) is 12.6. The van der Waals surface area contributed by atoms with Gasteiger partial charge in [0, 0.05) is 55.8 Å². The molecule has 1 aromatic carbocycles. The SMILES string of the molecule is COc1cc(OC)cc(N(CCCO)c2ccc3c(n2)N=C(c2cnn(C)c2)CN3)c1. The topological polar surface area (TPSA) is 97.0 Å². The number of methoxy groups -OCH3 is 2. The number of aryl methyl sites for hydroxylation is 1. The summed E-state index contributed by atoms with van der Waals surface area (Å²) in [5.74, 6) is 2.70. The quantitative estimate of drug-likeness (QED) is 0.576. The van der Waals surface area contributed by atoms with Crippen LogP contribution in [0.5, 0.6) is 11.5 Å². The second-order valence-electron chi connectivity index (χ2n) is 7.16. The third-order valence-corrected chi connectivity index (χ3v) is 5.05. The van der Waals surface area contributed by atoms with Gasteiger partial charge in [0.25, 0.3) is 0 Å². The molecule has 4 rings (SSSR count). The first-order valence-electron chi connectivity index (χ1n) is 10.0. The number of anilines is 3. The third-order valence-electron chi connectivity index (χ3n) is 5.05. The van der Waals surface area contributed by atoms with Gasteiger partial charge in [-0.2, -0.15) is 5.10 Å². The van der Waals surface area contributed by atoms with E-state index in [0.29, 0.717) is 36.8 Å². The summed E-state index contributed by atoms with van der Waals surface area (Å²) >= 11 is 0. The third kappa shape index (κ3) is 4.46. The van der Waals surface area contributed by atoms with E-state index < -0.39 is 0 Å². The molecule has 9 heteroatoms. The number of nitrogens with one attached hydrogen (secondary N) is 1. The van der Waals surface area contributed by atoms with Crippen molar-refractivity contribution in [1.82, 2.24) is 14.8 Å². The van der Waals surface area contributed by atoms with E-state index in [2.05, 4.69) is 10.4 Å². The molecule has 162 valence electrons. The molecule has 0 saturated heterocycles. The maximum Gasteiger partial charge on any atom is 0.177 e. The second-order valence-corrected chi connectivity index (χ2v) is 7.16. The number of rotatable bonds is 8. The van der Waals surface area contributed by atoms with Gasteiger partial charge in [0.05, 0.1) is 38.4 Å². The van der Waals surface area contributed by atoms with Crippen LogP contribution in [-0.2, 0) is 7.05 Å². The first-order valence-corrected chi connectivity index (χ1v) is 10.0. The Bertz CT molecular complexity index is 1070. The van der Waals surface area contributed by atoms with Crippen LogP contribution in [0.1, 0.15) is 12.0 Å². The Labute approximate surface area is 181 Å². The molecule has 1 aliphatic rings. The van der Waals surface area contributed by atoms with E-state index >= 15 is 0 Å². The van der Waals surface area contributed by atoms with E-state index in [-0.39, 0.29) is 6.61 Å². The Morgan fingerprint density at radius 2 is 1.94 bits per heavy atom. The van der Waals surface area contributed by atoms with Crippen LogP contribution < -0.4 is 19.7 Å². The number of aromatic nitrogens is 3. The number of aliphatic hydroxyl groups excluding tert-OH is 1. The highest BCUT2D eigenvalue weighted by Crippen LogP contribution is 2.35. The maximum absolute atomic E-state index is 9.43. The minimum atomic E-state index is 0.0768. The lowest BCUT2D eigenvalue weighted by atomic mass is 10.2. The highest BCUT2D eigenvalue weighted by atomic mass is 16.5. The number of hydrogen-bond donors (Lipinski definition) is 2. The lowest BCUT2D eigenvalue weighted by Gasteiger charge is -2.26. The van der Waals surface area contributed by atoms with E-state index in [1.54, 1.807) is 25.1 Å². The number of pyridine rings is 1. The summed E-state index contributed by atoms with van der Waals surface area (Å²) < 4.78 is 12.6. The fraction of sp³-hybridized carbons (Fsp3) is 0.318. The molecule has 0 aliphatic carbocycles. The smallest absolute Gasteiger partial charge is 0.177 e. The monoisotopic (exact) mass is 422 g/mol. The molecule has 0 atom stereocenters. The summed E-state index contributed by atoms with van der Waals surface area (Å²) in [5.41, 5.74) is 3.58. The fourth-order valence-corrected chi connectivity index (χ4v) is 3.45. The van der Waals surface area contributed by atoms with Crippen LogP contribution in [0.25, 0.3) is 0 Å². The molecule has 0 amide bonds. The standard InChI is InChI=1S/C22H26N6O3/c1-27-14-15(12-24-27)20-13-23-19-5-6-21(26-22(19)25-20)28(7-4-8-29)16-9-17(30-2)11-18(10-16)31-3/h5-6,9-12,14,23,29H,4,7-8,13H2,1-3H3. The lowest BCUT2D eigenvalue weighted by molar-refractivity contribution is 0.290. The Hall–Kier alpha value is -3.59. The van der Waals surface area contributed by atoms with Crippen molar-refractivity contribution in [3.05, 3.63) is 48.3 Å². The van der Waals surface area contributed by atoms with Gasteiger partial charge in [-0.3, -0.25) is 4.68 Å². The molecular formula is C22H26N6O3. The van der Waals surface area contributed by atoms with E-state index in [0.717, 1.165) is 28.5 Å². The van der Waals surface area contributed by atoms with Crippen molar-refractivity contribution in [2.24, 2.45) is 12.0 Å². The molecule has 0 fully saturated rings. The summed E-state index contributed by atoms with van der Waals surface area (Å²) in [5, 5.41) is 17.0. The summed E-state index contributed by atoms with van der Waals surface area (Å²) in [6.07, 6.45) is 4.32. The van der Waals surface area contributed by atoms with Gasteiger partial charge in [0.1, 0.15) is 17.3 Å². The van der Waals surface area contributed by atoms with Crippen molar-refractivity contribution in [2.45, 2.75) is 6.42 Å². The van der Waals surface area contributed by atoms with Gasteiger partial charge >= 0.3 is 0 Å². The number of ether oxygens (including phenoxy) is 2. The van der Waals surface area contributed by atoms with E-state index in [1.165, 1.54) is 0 Å². The Balaban J connectivity index is 1.73. The summed E-state index contributed by atoms with van der Waals surface area (Å²) in [6.45, 7) is 1.26. The molecule has 9 nitrogen and oxygen atoms in total. The average molecular weight is 422 g/mol. The summed E-state index contributed by atoms with van der Waals surface area (Å²) in [6, 6.07) is 9.58. The minimum absolute atomic E-state index is 0.0768. The number of benzene rings is 1. The number of hydrogen-bond acceptors (Lipinski definition) is 8. The number of fused-ring (bicyclic) bond motifs is 1. The van der Waals surface area contributed by atoms with Gasteiger partial charge < -0.3 is 24.8 Å². The molecule has 2 aromatic heterocycles. The molecule has 0 saturated carbocycles. The van der Waals surface area contributed by atoms with Crippen LogP contribution >= 0.6 is 0 Å². The average Bonchev–Trinajstić information content (AvgIpc) is 3.24. The van der Waals surface area contributed by atoms with Gasteiger partial charge in [-0.1, -0.05) is 0 Å². The molecule has 3 heterocycles. The zero-order valence-electron chi connectivity index (χ0n) is 17.9. The molecule has 3 aromatic rings. The number of aliphatic imine (C=N–C) groups is 1. The highest BCUT2D eigenvalue weighted by molar-refractivity contribution is 6.06. The van der Waals surface area contributed by atoms with Crippen molar-refractivity contribution in [3.8, 4) is 11.5 Å².